The van der Waals surface area contributed by atoms with Crippen molar-refractivity contribution in [3.63, 3.8) is 0 Å². The zero-order valence-corrected chi connectivity index (χ0v) is 12.2. The average Bonchev–Trinajstić information content (AvgIpc) is 3.02. The number of carbonyl (C=O) groups excluding carboxylic acids is 1. The minimum Gasteiger partial charge on any atom is -0.335 e. The standard InChI is InChI=1S/C14H19ClN4O/c15-13-10-16-12(9-17-13)14(20)19-7-5-18(6-8-19)11-3-1-2-4-11/h9-11H,1-8H2. The largest absolute Gasteiger partial charge is 0.335 e. The van der Waals surface area contributed by atoms with Crippen LogP contribution in [0.4, 0.5) is 0 Å². The van der Waals surface area contributed by atoms with Crippen LogP contribution in [0.5, 0.6) is 0 Å². The number of rotatable bonds is 2. The van der Waals surface area contributed by atoms with Crippen LogP contribution in [-0.4, -0.2) is 57.9 Å². The second kappa shape index (κ2) is 6.06. The molecule has 1 saturated heterocycles. The second-order valence-electron chi connectivity index (χ2n) is 5.49. The van der Waals surface area contributed by atoms with Gasteiger partial charge in [-0.25, -0.2) is 9.97 Å². The van der Waals surface area contributed by atoms with Gasteiger partial charge in [-0.15, -0.1) is 0 Å². The molecule has 0 atom stereocenters. The van der Waals surface area contributed by atoms with Gasteiger partial charge >= 0.3 is 0 Å². The number of nitrogens with zero attached hydrogens (tertiary/aromatic N) is 4. The molecule has 0 N–H and O–H groups in total. The molecule has 6 heteroatoms. The van der Waals surface area contributed by atoms with Crippen molar-refractivity contribution in [3.8, 4) is 0 Å². The van der Waals surface area contributed by atoms with E-state index in [1.54, 1.807) is 0 Å². The molecule has 1 aromatic rings. The molecule has 0 radical (unpaired) electrons. The fourth-order valence-electron chi connectivity index (χ4n) is 3.14. The summed E-state index contributed by atoms with van der Waals surface area (Å²) in [6.07, 6.45) is 8.21. The molecule has 2 aliphatic rings. The van der Waals surface area contributed by atoms with Crippen LogP contribution in [0.15, 0.2) is 12.4 Å². The molecule has 1 aliphatic carbocycles. The predicted octanol–water partition coefficient (Wildman–Crippen LogP) is 1.83. The van der Waals surface area contributed by atoms with E-state index in [2.05, 4.69) is 14.9 Å². The number of hydrogen-bond donors (Lipinski definition) is 0. The van der Waals surface area contributed by atoms with Gasteiger partial charge in [-0.3, -0.25) is 9.69 Å². The first-order chi connectivity index (χ1) is 9.74. The van der Waals surface area contributed by atoms with Gasteiger partial charge in [-0.1, -0.05) is 24.4 Å². The zero-order chi connectivity index (χ0) is 13.9. The molecule has 3 rings (SSSR count). The molecule has 1 aliphatic heterocycles. The maximum Gasteiger partial charge on any atom is 0.274 e. The fraction of sp³-hybridized carbons (Fsp3) is 0.643. The van der Waals surface area contributed by atoms with Gasteiger partial charge in [0.25, 0.3) is 5.91 Å². The summed E-state index contributed by atoms with van der Waals surface area (Å²) in [6.45, 7) is 3.49. The SMILES string of the molecule is O=C(c1cnc(Cl)cn1)N1CCN(C2CCCC2)CC1. The third kappa shape index (κ3) is 2.94. The average molecular weight is 295 g/mol. The first-order valence-corrected chi connectivity index (χ1v) is 7.63. The Morgan fingerprint density at radius 3 is 2.40 bits per heavy atom. The van der Waals surface area contributed by atoms with Crippen LogP contribution < -0.4 is 0 Å². The number of aromatic nitrogens is 2. The van der Waals surface area contributed by atoms with Gasteiger partial charge in [0.1, 0.15) is 10.8 Å². The van der Waals surface area contributed by atoms with Crippen LogP contribution in [0, 0.1) is 0 Å². The van der Waals surface area contributed by atoms with Gasteiger partial charge in [0, 0.05) is 32.2 Å². The summed E-state index contributed by atoms with van der Waals surface area (Å²) in [5, 5.41) is 0.313. The number of carbonyl (C=O) groups is 1. The van der Waals surface area contributed by atoms with Crippen molar-refractivity contribution in [2.75, 3.05) is 26.2 Å². The van der Waals surface area contributed by atoms with E-state index in [0.717, 1.165) is 32.2 Å². The first kappa shape index (κ1) is 13.8. The summed E-state index contributed by atoms with van der Waals surface area (Å²) in [7, 11) is 0. The highest BCUT2D eigenvalue weighted by Gasteiger charge is 2.28. The molecule has 0 aromatic carbocycles. The maximum absolute atomic E-state index is 12.3. The molecule has 2 fully saturated rings. The molecule has 0 bridgehead atoms. The van der Waals surface area contributed by atoms with Gasteiger partial charge in [0.15, 0.2) is 0 Å². The molecular formula is C14H19ClN4O. The molecule has 108 valence electrons. The lowest BCUT2D eigenvalue weighted by Crippen LogP contribution is -2.51. The Hall–Kier alpha value is -1.20. The van der Waals surface area contributed by atoms with Crippen LogP contribution in [0.2, 0.25) is 5.15 Å². The summed E-state index contributed by atoms with van der Waals surface area (Å²) in [5.41, 5.74) is 0.378. The number of halogens is 1. The monoisotopic (exact) mass is 294 g/mol. The molecule has 1 aromatic heterocycles. The van der Waals surface area contributed by atoms with E-state index in [-0.39, 0.29) is 5.91 Å². The van der Waals surface area contributed by atoms with E-state index < -0.39 is 0 Å². The van der Waals surface area contributed by atoms with E-state index in [1.807, 2.05) is 4.90 Å². The Morgan fingerprint density at radius 2 is 1.80 bits per heavy atom. The van der Waals surface area contributed by atoms with Crippen molar-refractivity contribution in [3.05, 3.63) is 23.2 Å². The quantitative estimate of drug-likeness (QED) is 0.835. The van der Waals surface area contributed by atoms with E-state index in [1.165, 1.54) is 38.1 Å². The molecule has 0 spiro atoms. The van der Waals surface area contributed by atoms with Crippen LogP contribution in [0.3, 0.4) is 0 Å². The normalized spacial score (nSPS) is 21.4. The number of hydrogen-bond acceptors (Lipinski definition) is 4. The lowest BCUT2D eigenvalue weighted by molar-refractivity contribution is 0.0567. The summed E-state index contributed by atoms with van der Waals surface area (Å²) in [6, 6.07) is 0.738. The van der Waals surface area contributed by atoms with E-state index in [4.69, 9.17) is 11.6 Å². The second-order valence-corrected chi connectivity index (χ2v) is 5.88. The minimum absolute atomic E-state index is 0.0414. The van der Waals surface area contributed by atoms with Gasteiger partial charge in [-0.2, -0.15) is 0 Å². The van der Waals surface area contributed by atoms with Gasteiger partial charge in [0.2, 0.25) is 0 Å². The summed E-state index contributed by atoms with van der Waals surface area (Å²) >= 11 is 5.69. The van der Waals surface area contributed by atoms with Gasteiger partial charge in [0.05, 0.1) is 12.4 Å². The maximum atomic E-state index is 12.3. The van der Waals surface area contributed by atoms with Crippen molar-refractivity contribution in [2.24, 2.45) is 0 Å². The third-order valence-electron chi connectivity index (χ3n) is 4.28. The molecule has 0 unspecified atom stereocenters. The fourth-order valence-corrected chi connectivity index (χ4v) is 3.24. The molecule has 20 heavy (non-hydrogen) atoms. The van der Waals surface area contributed by atoms with Crippen molar-refractivity contribution in [1.29, 1.82) is 0 Å². The van der Waals surface area contributed by atoms with Crippen LogP contribution in [0.1, 0.15) is 36.2 Å². The van der Waals surface area contributed by atoms with Crippen molar-refractivity contribution >= 4 is 17.5 Å². The summed E-state index contributed by atoms with van der Waals surface area (Å²) in [4.78, 5) is 24.7. The topological polar surface area (TPSA) is 49.3 Å². The van der Waals surface area contributed by atoms with Crippen molar-refractivity contribution in [2.45, 2.75) is 31.7 Å². The molecule has 5 nitrogen and oxygen atoms in total. The minimum atomic E-state index is -0.0414. The Labute approximate surface area is 123 Å². The van der Waals surface area contributed by atoms with Crippen molar-refractivity contribution < 1.29 is 4.79 Å². The highest BCUT2D eigenvalue weighted by molar-refractivity contribution is 6.29. The molecular weight excluding hydrogens is 276 g/mol. The Kier molecular flexibility index (Phi) is 4.17. The van der Waals surface area contributed by atoms with E-state index >= 15 is 0 Å². The predicted molar refractivity (Wildman–Crippen MR) is 76.8 cm³/mol. The van der Waals surface area contributed by atoms with Crippen LogP contribution >= 0.6 is 11.6 Å². The number of amides is 1. The third-order valence-corrected chi connectivity index (χ3v) is 4.48. The first-order valence-electron chi connectivity index (χ1n) is 7.25. The van der Waals surface area contributed by atoms with Crippen molar-refractivity contribution in [1.82, 2.24) is 19.8 Å². The van der Waals surface area contributed by atoms with E-state index in [9.17, 15) is 4.79 Å². The van der Waals surface area contributed by atoms with E-state index in [0.29, 0.717) is 10.8 Å². The summed E-state index contributed by atoms with van der Waals surface area (Å²) < 4.78 is 0. The van der Waals surface area contributed by atoms with Gasteiger partial charge < -0.3 is 4.90 Å². The molecule has 1 saturated carbocycles. The smallest absolute Gasteiger partial charge is 0.274 e. The number of piperazine rings is 1. The highest BCUT2D eigenvalue weighted by atomic mass is 35.5. The Morgan fingerprint density at radius 1 is 1.10 bits per heavy atom. The summed E-state index contributed by atoms with van der Waals surface area (Å²) in [5.74, 6) is -0.0414. The Balaban J connectivity index is 1.57. The molecule has 2 heterocycles. The van der Waals surface area contributed by atoms with Gasteiger partial charge in [-0.05, 0) is 12.8 Å². The van der Waals surface area contributed by atoms with Crippen LogP contribution in [0.25, 0.3) is 0 Å². The zero-order valence-electron chi connectivity index (χ0n) is 11.5. The lowest BCUT2D eigenvalue weighted by Gasteiger charge is -2.37. The lowest BCUT2D eigenvalue weighted by atomic mass is 10.2. The molecule has 1 amide bonds. The Bertz CT molecular complexity index is 465. The highest BCUT2D eigenvalue weighted by Crippen LogP contribution is 2.24. The van der Waals surface area contributed by atoms with Crippen LogP contribution in [-0.2, 0) is 0 Å².